The molecular formula is C15H18ClN. The molecular weight excluding hydrogens is 230 g/mol. The number of hydrogen-bond acceptors (Lipinski definition) is 1. The van der Waals surface area contributed by atoms with E-state index in [-0.39, 0.29) is 0 Å². The first-order valence-electron chi connectivity index (χ1n) is 5.88. The quantitative estimate of drug-likeness (QED) is 0.764. The van der Waals surface area contributed by atoms with Gasteiger partial charge in [0.1, 0.15) is 0 Å². The average Bonchev–Trinajstić information content (AvgIpc) is 2.29. The highest BCUT2D eigenvalue weighted by Gasteiger charge is 2.24. The lowest BCUT2D eigenvalue weighted by molar-refractivity contribution is 0.772. The van der Waals surface area contributed by atoms with Crippen molar-refractivity contribution < 1.29 is 0 Å². The van der Waals surface area contributed by atoms with E-state index in [1.165, 1.54) is 28.1 Å². The summed E-state index contributed by atoms with van der Waals surface area (Å²) < 4.78 is 0. The largest absolute Gasteiger partial charge is 0.363 e. The molecule has 0 spiro atoms. The van der Waals surface area contributed by atoms with Gasteiger partial charge in [-0.3, -0.25) is 0 Å². The van der Waals surface area contributed by atoms with E-state index in [0.717, 1.165) is 5.02 Å². The fourth-order valence-corrected chi connectivity index (χ4v) is 2.66. The van der Waals surface area contributed by atoms with Crippen molar-refractivity contribution in [3.05, 3.63) is 57.4 Å². The molecule has 0 radical (unpaired) electrons. The van der Waals surface area contributed by atoms with Crippen LogP contribution in [0.25, 0.3) is 0 Å². The van der Waals surface area contributed by atoms with Crippen LogP contribution in [0.3, 0.4) is 0 Å². The van der Waals surface area contributed by atoms with Gasteiger partial charge in [-0.2, -0.15) is 0 Å². The molecule has 1 N–H and O–H groups in total. The number of nitrogens with one attached hydrogen (secondary N) is 1. The maximum atomic E-state index is 6.32. The van der Waals surface area contributed by atoms with Crippen LogP contribution in [0.1, 0.15) is 39.2 Å². The fourth-order valence-electron chi connectivity index (χ4n) is 2.41. The summed E-state index contributed by atoms with van der Waals surface area (Å²) in [5, 5.41) is 4.26. The maximum Gasteiger partial charge on any atom is 0.0447 e. The first-order chi connectivity index (χ1) is 8.02. The van der Waals surface area contributed by atoms with Crippen molar-refractivity contribution in [2.45, 2.75) is 33.6 Å². The van der Waals surface area contributed by atoms with Gasteiger partial charge in [0.15, 0.2) is 0 Å². The van der Waals surface area contributed by atoms with Gasteiger partial charge in [-0.05, 0) is 50.5 Å². The Hall–Kier alpha value is -1.21. The summed E-state index contributed by atoms with van der Waals surface area (Å²) in [6, 6.07) is 8.11. The van der Waals surface area contributed by atoms with Crippen molar-refractivity contribution in [1.29, 1.82) is 0 Å². The zero-order valence-electron chi connectivity index (χ0n) is 10.8. The van der Waals surface area contributed by atoms with Crippen LogP contribution < -0.4 is 5.32 Å². The van der Waals surface area contributed by atoms with Crippen molar-refractivity contribution in [3.8, 4) is 0 Å². The molecule has 1 aromatic rings. The van der Waals surface area contributed by atoms with Crippen molar-refractivity contribution in [2.24, 2.45) is 0 Å². The summed E-state index contributed by atoms with van der Waals surface area (Å²) in [6.45, 7) is 8.59. The number of allylic oxidation sites excluding steroid dienone is 4. The number of dihydropyridines is 1. The molecule has 0 aromatic heterocycles. The highest BCUT2D eigenvalue weighted by Crippen LogP contribution is 2.39. The number of rotatable bonds is 1. The van der Waals surface area contributed by atoms with Crippen molar-refractivity contribution in [2.75, 3.05) is 0 Å². The minimum absolute atomic E-state index is 0.310. The zero-order chi connectivity index (χ0) is 12.6. The Morgan fingerprint density at radius 1 is 0.941 bits per heavy atom. The molecule has 0 amide bonds. The van der Waals surface area contributed by atoms with Crippen molar-refractivity contribution in [1.82, 2.24) is 5.32 Å². The van der Waals surface area contributed by atoms with E-state index in [1.54, 1.807) is 0 Å². The third-order valence-corrected chi connectivity index (χ3v) is 3.98. The van der Waals surface area contributed by atoms with Crippen LogP contribution in [0, 0.1) is 0 Å². The minimum atomic E-state index is 0.310. The molecule has 0 saturated carbocycles. The second kappa shape index (κ2) is 4.58. The standard InChI is InChI=1S/C15H18ClN/c1-9-11(3)17-12(4)10(2)15(9)13-7-5-6-8-14(13)16/h5-8,15,17H,1-4H3. The Balaban J connectivity index is 2.57. The zero-order valence-corrected chi connectivity index (χ0v) is 11.5. The molecule has 0 fully saturated rings. The topological polar surface area (TPSA) is 12.0 Å². The van der Waals surface area contributed by atoms with E-state index >= 15 is 0 Å². The molecule has 1 heterocycles. The lowest BCUT2D eigenvalue weighted by atomic mass is 9.82. The van der Waals surface area contributed by atoms with Gasteiger partial charge in [-0.25, -0.2) is 0 Å². The van der Waals surface area contributed by atoms with Gasteiger partial charge >= 0.3 is 0 Å². The van der Waals surface area contributed by atoms with Crippen LogP contribution >= 0.6 is 11.6 Å². The number of benzene rings is 1. The number of hydrogen-bond donors (Lipinski definition) is 1. The molecule has 0 unspecified atom stereocenters. The highest BCUT2D eigenvalue weighted by atomic mass is 35.5. The Morgan fingerprint density at radius 2 is 1.47 bits per heavy atom. The summed E-state index contributed by atoms with van der Waals surface area (Å²) in [6.07, 6.45) is 0. The van der Waals surface area contributed by atoms with Crippen LogP contribution in [0.2, 0.25) is 5.02 Å². The Labute approximate surface area is 108 Å². The van der Waals surface area contributed by atoms with Gasteiger partial charge in [0.25, 0.3) is 0 Å². The second-order valence-electron chi connectivity index (χ2n) is 4.70. The molecule has 1 aliphatic rings. The molecule has 90 valence electrons. The molecule has 0 atom stereocenters. The monoisotopic (exact) mass is 247 g/mol. The van der Waals surface area contributed by atoms with Crippen molar-refractivity contribution >= 4 is 11.6 Å². The molecule has 0 bridgehead atoms. The summed E-state index contributed by atoms with van der Waals surface area (Å²) in [5.74, 6) is 0.310. The van der Waals surface area contributed by atoms with E-state index < -0.39 is 0 Å². The smallest absolute Gasteiger partial charge is 0.0447 e. The van der Waals surface area contributed by atoms with Gasteiger partial charge in [-0.15, -0.1) is 0 Å². The summed E-state index contributed by atoms with van der Waals surface area (Å²) in [7, 11) is 0. The van der Waals surface area contributed by atoms with Gasteiger partial charge in [0, 0.05) is 22.3 Å². The fraction of sp³-hybridized carbons (Fsp3) is 0.333. The molecule has 2 heteroatoms. The molecule has 0 saturated heterocycles. The molecule has 17 heavy (non-hydrogen) atoms. The van der Waals surface area contributed by atoms with Crippen LogP contribution in [-0.4, -0.2) is 0 Å². The lowest BCUT2D eigenvalue weighted by Gasteiger charge is -2.30. The number of halogens is 1. The molecule has 2 rings (SSSR count). The van der Waals surface area contributed by atoms with E-state index in [9.17, 15) is 0 Å². The average molecular weight is 248 g/mol. The first kappa shape index (κ1) is 12.3. The normalized spacial score (nSPS) is 17.5. The van der Waals surface area contributed by atoms with E-state index in [1.807, 2.05) is 12.1 Å². The van der Waals surface area contributed by atoms with E-state index in [2.05, 4.69) is 45.1 Å². The van der Waals surface area contributed by atoms with Gasteiger partial charge < -0.3 is 5.32 Å². The highest BCUT2D eigenvalue weighted by molar-refractivity contribution is 6.31. The minimum Gasteiger partial charge on any atom is -0.363 e. The van der Waals surface area contributed by atoms with Crippen LogP contribution in [0.5, 0.6) is 0 Å². The predicted octanol–water partition coefficient (Wildman–Crippen LogP) is 4.61. The van der Waals surface area contributed by atoms with E-state index in [0.29, 0.717) is 5.92 Å². The van der Waals surface area contributed by atoms with Gasteiger partial charge in [0.2, 0.25) is 0 Å². The van der Waals surface area contributed by atoms with E-state index in [4.69, 9.17) is 11.6 Å². The summed E-state index contributed by atoms with van der Waals surface area (Å²) in [5.41, 5.74) is 6.36. The first-order valence-corrected chi connectivity index (χ1v) is 6.26. The van der Waals surface area contributed by atoms with Crippen LogP contribution in [0.4, 0.5) is 0 Å². The maximum absolute atomic E-state index is 6.32. The Bertz CT molecular complexity index is 487. The summed E-state index contributed by atoms with van der Waals surface area (Å²) in [4.78, 5) is 0. The summed E-state index contributed by atoms with van der Waals surface area (Å²) >= 11 is 6.32. The Morgan fingerprint density at radius 3 is 2.00 bits per heavy atom. The van der Waals surface area contributed by atoms with Crippen molar-refractivity contribution in [3.63, 3.8) is 0 Å². The SMILES string of the molecule is CC1=C(C)C(c2ccccc2Cl)C(C)=C(C)N1. The van der Waals surface area contributed by atoms with Crippen LogP contribution in [-0.2, 0) is 0 Å². The van der Waals surface area contributed by atoms with Gasteiger partial charge in [-0.1, -0.05) is 29.8 Å². The Kier molecular flexibility index (Phi) is 3.30. The van der Waals surface area contributed by atoms with Crippen LogP contribution in [0.15, 0.2) is 46.8 Å². The third-order valence-electron chi connectivity index (χ3n) is 3.64. The van der Waals surface area contributed by atoms with Gasteiger partial charge in [0.05, 0.1) is 0 Å². The second-order valence-corrected chi connectivity index (χ2v) is 5.10. The molecule has 1 aromatic carbocycles. The molecule has 1 aliphatic heterocycles. The lowest BCUT2D eigenvalue weighted by Crippen LogP contribution is -2.22. The molecule has 0 aliphatic carbocycles. The third kappa shape index (κ3) is 2.12. The predicted molar refractivity (Wildman–Crippen MR) is 74.1 cm³/mol. The molecule has 1 nitrogen and oxygen atoms in total.